The molecular weight excluding hydrogens is 218 g/mol. The highest BCUT2D eigenvalue weighted by Crippen LogP contribution is 2.18. The van der Waals surface area contributed by atoms with E-state index in [9.17, 15) is 0 Å². The first-order chi connectivity index (χ1) is 8.00. The van der Waals surface area contributed by atoms with Gasteiger partial charge in [0.2, 0.25) is 5.88 Å². The Bertz CT molecular complexity index is 435. The molecule has 17 heavy (non-hydrogen) atoms. The van der Waals surface area contributed by atoms with E-state index in [1.165, 1.54) is 0 Å². The van der Waals surface area contributed by atoms with Crippen LogP contribution in [0.2, 0.25) is 0 Å². The maximum atomic E-state index is 5.15. The van der Waals surface area contributed by atoms with Crippen LogP contribution in [0.15, 0.2) is 11.1 Å². The van der Waals surface area contributed by atoms with E-state index in [0.717, 1.165) is 24.9 Å². The van der Waals surface area contributed by atoms with Crippen LogP contribution in [0.3, 0.4) is 0 Å². The number of nitrogens with one attached hydrogen (secondary N) is 2. The van der Waals surface area contributed by atoms with Crippen LogP contribution in [0.1, 0.15) is 13.8 Å². The number of anilines is 1. The number of aromatic nitrogens is 2. The number of nitrogens with zero attached hydrogens (tertiary/aromatic N) is 3. The summed E-state index contributed by atoms with van der Waals surface area (Å²) < 4.78 is 6.82. The molecule has 0 bridgehead atoms. The van der Waals surface area contributed by atoms with E-state index in [1.807, 2.05) is 13.1 Å². The summed E-state index contributed by atoms with van der Waals surface area (Å²) in [4.78, 5) is 4.45. The summed E-state index contributed by atoms with van der Waals surface area (Å²) in [7, 11) is 3.46. The topological polar surface area (TPSA) is 63.5 Å². The summed E-state index contributed by atoms with van der Waals surface area (Å²) in [6, 6.07) is 1.84. The summed E-state index contributed by atoms with van der Waals surface area (Å²) in [5.41, 5.74) is 0.215. The van der Waals surface area contributed by atoms with E-state index in [-0.39, 0.29) is 5.41 Å². The van der Waals surface area contributed by atoms with Gasteiger partial charge in [-0.1, -0.05) is 13.8 Å². The average Bonchev–Trinajstić information content (AvgIpc) is 2.62. The molecule has 6 nitrogen and oxygen atoms in total. The monoisotopic (exact) mass is 237 g/mol. The lowest BCUT2D eigenvalue weighted by molar-refractivity contribution is 0.362. The first-order valence-corrected chi connectivity index (χ1v) is 5.63. The molecular formula is C11H19N5O. The van der Waals surface area contributed by atoms with Gasteiger partial charge in [-0.05, 0) is 0 Å². The molecule has 0 atom stereocenters. The lowest BCUT2D eigenvalue weighted by atomic mass is 9.93. The number of guanidine groups is 1. The summed E-state index contributed by atoms with van der Waals surface area (Å²) in [6.45, 7) is 6.09. The largest absolute Gasteiger partial charge is 0.481 e. The van der Waals surface area contributed by atoms with Crippen molar-refractivity contribution in [3.63, 3.8) is 0 Å². The van der Waals surface area contributed by atoms with Crippen molar-refractivity contribution in [2.24, 2.45) is 17.5 Å². The van der Waals surface area contributed by atoms with Crippen LogP contribution < -0.4 is 15.4 Å². The number of methoxy groups -OCH3 is 1. The predicted octanol–water partition coefficient (Wildman–Crippen LogP) is 0.826. The van der Waals surface area contributed by atoms with E-state index in [1.54, 1.807) is 11.8 Å². The third kappa shape index (κ3) is 2.69. The van der Waals surface area contributed by atoms with Gasteiger partial charge in [-0.25, -0.2) is 4.68 Å². The molecule has 1 aromatic heterocycles. The Kier molecular flexibility index (Phi) is 2.95. The van der Waals surface area contributed by atoms with Crippen molar-refractivity contribution in [1.82, 2.24) is 15.1 Å². The quantitative estimate of drug-likeness (QED) is 0.799. The van der Waals surface area contributed by atoms with Crippen LogP contribution in [-0.4, -0.2) is 35.9 Å². The highest BCUT2D eigenvalue weighted by molar-refractivity contribution is 5.93. The summed E-state index contributed by atoms with van der Waals surface area (Å²) >= 11 is 0. The number of hydrogen-bond donors (Lipinski definition) is 2. The van der Waals surface area contributed by atoms with Crippen LogP contribution >= 0.6 is 0 Å². The molecule has 94 valence electrons. The Labute approximate surface area is 101 Å². The van der Waals surface area contributed by atoms with E-state index in [2.05, 4.69) is 34.6 Å². The second kappa shape index (κ2) is 4.27. The third-order valence-electron chi connectivity index (χ3n) is 2.69. The Hall–Kier alpha value is -1.72. The lowest BCUT2D eigenvalue weighted by Gasteiger charge is -2.28. The van der Waals surface area contributed by atoms with Crippen molar-refractivity contribution in [1.29, 1.82) is 0 Å². The number of hydrogen-bond acceptors (Lipinski definition) is 5. The number of aryl methyl sites for hydroxylation is 1. The van der Waals surface area contributed by atoms with Gasteiger partial charge in [-0.15, -0.1) is 0 Å². The van der Waals surface area contributed by atoms with Gasteiger partial charge in [0, 0.05) is 31.6 Å². The molecule has 0 amide bonds. The van der Waals surface area contributed by atoms with Crippen LogP contribution in [-0.2, 0) is 7.05 Å². The van der Waals surface area contributed by atoms with Gasteiger partial charge in [0.1, 0.15) is 0 Å². The average molecular weight is 237 g/mol. The van der Waals surface area contributed by atoms with Crippen LogP contribution in [0, 0.1) is 5.41 Å². The normalized spacial score (nSPS) is 18.2. The molecule has 0 saturated heterocycles. The number of aliphatic imine (C=N–C) groups is 1. The molecule has 2 rings (SSSR count). The fourth-order valence-electron chi connectivity index (χ4n) is 1.64. The van der Waals surface area contributed by atoms with Crippen molar-refractivity contribution < 1.29 is 4.74 Å². The van der Waals surface area contributed by atoms with Gasteiger partial charge in [0.15, 0.2) is 11.8 Å². The van der Waals surface area contributed by atoms with E-state index >= 15 is 0 Å². The molecule has 2 N–H and O–H groups in total. The van der Waals surface area contributed by atoms with E-state index in [4.69, 9.17) is 4.74 Å². The molecule has 1 aliphatic heterocycles. The smallest absolute Gasteiger partial charge is 0.213 e. The molecule has 0 fully saturated rings. The summed E-state index contributed by atoms with van der Waals surface area (Å²) in [5.74, 6) is 2.21. The lowest BCUT2D eigenvalue weighted by Crippen LogP contribution is -2.44. The maximum absolute atomic E-state index is 5.15. The second-order valence-corrected chi connectivity index (χ2v) is 5.00. The van der Waals surface area contributed by atoms with Gasteiger partial charge in [0.25, 0.3) is 0 Å². The fourth-order valence-corrected chi connectivity index (χ4v) is 1.64. The first-order valence-electron chi connectivity index (χ1n) is 5.63. The molecule has 0 spiro atoms. The minimum Gasteiger partial charge on any atom is -0.481 e. The van der Waals surface area contributed by atoms with Crippen LogP contribution in [0.25, 0.3) is 0 Å². The van der Waals surface area contributed by atoms with Gasteiger partial charge < -0.3 is 15.4 Å². The van der Waals surface area contributed by atoms with E-state index in [0.29, 0.717) is 5.88 Å². The SMILES string of the molecule is COc1cc(NC2=NCC(C)(C)CN2)nn1C. The van der Waals surface area contributed by atoms with Crippen molar-refractivity contribution in [3.8, 4) is 5.88 Å². The van der Waals surface area contributed by atoms with Gasteiger partial charge in [-0.3, -0.25) is 4.99 Å². The zero-order valence-corrected chi connectivity index (χ0v) is 10.7. The molecule has 1 aliphatic rings. The maximum Gasteiger partial charge on any atom is 0.213 e. The first kappa shape index (κ1) is 11.8. The van der Waals surface area contributed by atoms with Gasteiger partial charge >= 0.3 is 0 Å². The molecule has 0 aromatic carbocycles. The second-order valence-electron chi connectivity index (χ2n) is 5.00. The molecule has 2 heterocycles. The Morgan fingerprint density at radius 2 is 2.29 bits per heavy atom. The molecule has 0 radical (unpaired) electrons. The summed E-state index contributed by atoms with van der Waals surface area (Å²) in [5, 5.41) is 10.7. The fraction of sp³-hybridized carbons (Fsp3) is 0.636. The zero-order valence-electron chi connectivity index (χ0n) is 10.7. The minimum absolute atomic E-state index is 0.215. The number of rotatable bonds is 2. The molecule has 0 aliphatic carbocycles. The highest BCUT2D eigenvalue weighted by Gasteiger charge is 2.22. The Morgan fingerprint density at radius 3 is 2.82 bits per heavy atom. The Morgan fingerprint density at radius 1 is 1.53 bits per heavy atom. The van der Waals surface area contributed by atoms with Crippen molar-refractivity contribution >= 4 is 11.8 Å². The standard InChI is InChI=1S/C11H19N5O/c1-11(2)6-12-10(13-7-11)14-8-5-9(17-4)16(3)15-8/h5H,6-7H2,1-4H3,(H2,12,13,14,15). The molecule has 0 saturated carbocycles. The van der Waals surface area contributed by atoms with Gasteiger partial charge in [0.05, 0.1) is 7.11 Å². The number of ether oxygens (including phenoxy) is 1. The third-order valence-corrected chi connectivity index (χ3v) is 2.69. The van der Waals surface area contributed by atoms with Gasteiger partial charge in [-0.2, -0.15) is 5.10 Å². The van der Waals surface area contributed by atoms with Crippen molar-refractivity contribution in [3.05, 3.63) is 6.07 Å². The minimum atomic E-state index is 0.215. The Balaban J connectivity index is 2.04. The molecule has 0 unspecified atom stereocenters. The molecule has 1 aromatic rings. The predicted molar refractivity (Wildman–Crippen MR) is 67.5 cm³/mol. The van der Waals surface area contributed by atoms with Crippen LogP contribution in [0.4, 0.5) is 5.82 Å². The zero-order chi connectivity index (χ0) is 12.5. The van der Waals surface area contributed by atoms with Crippen molar-refractivity contribution in [2.45, 2.75) is 13.8 Å². The molecule has 6 heteroatoms. The van der Waals surface area contributed by atoms with E-state index < -0.39 is 0 Å². The van der Waals surface area contributed by atoms with Crippen LogP contribution in [0.5, 0.6) is 5.88 Å². The van der Waals surface area contributed by atoms with Crippen molar-refractivity contribution in [2.75, 3.05) is 25.5 Å². The summed E-state index contributed by atoms with van der Waals surface area (Å²) in [6.07, 6.45) is 0. The highest BCUT2D eigenvalue weighted by atomic mass is 16.5.